The Hall–Kier alpha value is -2.07. The Morgan fingerprint density at radius 3 is 2.81 bits per heavy atom. The summed E-state index contributed by atoms with van der Waals surface area (Å²) in [5.41, 5.74) is 2.71. The Morgan fingerprint density at radius 1 is 1.24 bits per heavy atom. The summed E-state index contributed by atoms with van der Waals surface area (Å²) in [7, 11) is 0. The van der Waals surface area contributed by atoms with Gasteiger partial charge < -0.3 is 14.6 Å². The lowest BCUT2D eigenvalue weighted by Crippen LogP contribution is -2.01. The molecule has 0 saturated heterocycles. The molecule has 2 aromatic rings. The van der Waals surface area contributed by atoms with Gasteiger partial charge in [-0.3, -0.25) is 0 Å². The zero-order valence-corrected chi connectivity index (χ0v) is 11.4. The number of carboxylic acids is 1. The molecular weight excluding hydrogens is 268 g/mol. The molecule has 2 N–H and O–H groups in total. The van der Waals surface area contributed by atoms with Crippen LogP contribution >= 0.6 is 0 Å². The number of furan rings is 1. The highest BCUT2D eigenvalue weighted by molar-refractivity contribution is 5.84. The number of aliphatic hydroxyl groups is 1. The third kappa shape index (κ3) is 1.90. The molecule has 1 heterocycles. The highest BCUT2D eigenvalue weighted by Crippen LogP contribution is 2.64. The zero-order chi connectivity index (χ0) is 14.6. The first-order valence-electron chi connectivity index (χ1n) is 7.25. The topological polar surface area (TPSA) is 70.7 Å². The minimum absolute atomic E-state index is 0.118. The number of fused-ring (bicyclic) bond motifs is 3. The van der Waals surface area contributed by atoms with Gasteiger partial charge in [0, 0.05) is 5.92 Å². The van der Waals surface area contributed by atoms with E-state index in [0.29, 0.717) is 17.6 Å². The molecule has 21 heavy (non-hydrogen) atoms. The fourth-order valence-electron chi connectivity index (χ4n) is 3.87. The largest absolute Gasteiger partial charge is 0.475 e. The van der Waals surface area contributed by atoms with Crippen LogP contribution in [0.4, 0.5) is 0 Å². The minimum Gasteiger partial charge on any atom is -0.475 e. The second kappa shape index (κ2) is 4.46. The van der Waals surface area contributed by atoms with E-state index >= 15 is 0 Å². The smallest absolute Gasteiger partial charge is 0.371 e. The molecule has 0 aliphatic heterocycles. The molecule has 4 rings (SSSR count). The molecule has 4 nitrogen and oxygen atoms in total. The number of hydrogen-bond acceptors (Lipinski definition) is 3. The lowest BCUT2D eigenvalue weighted by atomic mass is 9.92. The molecule has 1 fully saturated rings. The quantitative estimate of drug-likeness (QED) is 0.909. The molecule has 0 bridgehead atoms. The van der Waals surface area contributed by atoms with Gasteiger partial charge in [-0.25, -0.2) is 4.79 Å². The first-order chi connectivity index (χ1) is 10.2. The summed E-state index contributed by atoms with van der Waals surface area (Å²) in [5.74, 6) is 0.141. The number of aliphatic hydroxyl groups excluding tert-OH is 1. The predicted molar refractivity (Wildman–Crippen MR) is 75.1 cm³/mol. The standard InChI is InChI=1S/C17H16O4/c18-16(12-7-8-13(21-12)17(19)20)15-11-6-5-9-3-1-2-4-10(9)14(11)15/h1-4,7-8,11,14-16,18H,5-6H2,(H,19,20). The van der Waals surface area contributed by atoms with E-state index in [2.05, 4.69) is 18.2 Å². The van der Waals surface area contributed by atoms with Crippen LogP contribution in [0.1, 0.15) is 45.9 Å². The predicted octanol–water partition coefficient (Wildman–Crippen LogP) is 2.99. The molecule has 4 unspecified atom stereocenters. The van der Waals surface area contributed by atoms with E-state index in [-0.39, 0.29) is 11.7 Å². The van der Waals surface area contributed by atoms with Crippen molar-refractivity contribution in [1.82, 2.24) is 0 Å². The van der Waals surface area contributed by atoms with Gasteiger partial charge in [0.25, 0.3) is 0 Å². The number of hydrogen-bond donors (Lipinski definition) is 2. The molecule has 2 aliphatic carbocycles. The molecule has 0 amide bonds. The molecule has 2 aliphatic rings. The van der Waals surface area contributed by atoms with E-state index < -0.39 is 12.1 Å². The van der Waals surface area contributed by atoms with Crippen molar-refractivity contribution in [3.63, 3.8) is 0 Å². The molecule has 4 heteroatoms. The van der Waals surface area contributed by atoms with E-state index in [0.717, 1.165) is 12.8 Å². The number of benzene rings is 1. The average molecular weight is 284 g/mol. The first-order valence-corrected chi connectivity index (χ1v) is 7.25. The number of carboxylic acid groups (broad SMARTS) is 1. The van der Waals surface area contributed by atoms with Crippen molar-refractivity contribution in [2.45, 2.75) is 24.9 Å². The fourth-order valence-corrected chi connectivity index (χ4v) is 3.87. The van der Waals surface area contributed by atoms with Crippen LogP contribution < -0.4 is 0 Å². The van der Waals surface area contributed by atoms with Gasteiger partial charge in [0.15, 0.2) is 0 Å². The van der Waals surface area contributed by atoms with Crippen molar-refractivity contribution in [2.24, 2.45) is 11.8 Å². The number of carbonyl (C=O) groups is 1. The molecule has 1 aromatic heterocycles. The SMILES string of the molecule is O=C(O)c1ccc(C(O)C2C3CCc4ccccc4C32)o1. The molecule has 1 saturated carbocycles. The van der Waals surface area contributed by atoms with Gasteiger partial charge in [-0.2, -0.15) is 0 Å². The maximum atomic E-state index is 10.9. The van der Waals surface area contributed by atoms with Crippen LogP contribution in [0.5, 0.6) is 0 Å². The Bertz CT molecular complexity index is 702. The molecule has 1 aromatic carbocycles. The third-order valence-electron chi connectivity index (χ3n) is 4.88. The van der Waals surface area contributed by atoms with Gasteiger partial charge in [-0.15, -0.1) is 0 Å². The Labute approximate surface area is 122 Å². The van der Waals surface area contributed by atoms with Crippen LogP contribution in [0.3, 0.4) is 0 Å². The van der Waals surface area contributed by atoms with Gasteiger partial charge >= 0.3 is 5.97 Å². The lowest BCUT2D eigenvalue weighted by molar-refractivity contribution is 0.0645. The highest BCUT2D eigenvalue weighted by Gasteiger charge is 2.57. The van der Waals surface area contributed by atoms with E-state index in [1.54, 1.807) is 6.07 Å². The second-order valence-electron chi connectivity index (χ2n) is 5.96. The van der Waals surface area contributed by atoms with Gasteiger partial charge in [0.1, 0.15) is 11.9 Å². The van der Waals surface area contributed by atoms with Gasteiger partial charge in [-0.05, 0) is 47.9 Å². The maximum Gasteiger partial charge on any atom is 0.371 e. The van der Waals surface area contributed by atoms with Crippen molar-refractivity contribution < 1.29 is 19.4 Å². The Kier molecular flexibility index (Phi) is 2.69. The van der Waals surface area contributed by atoms with Crippen molar-refractivity contribution in [3.8, 4) is 0 Å². The van der Waals surface area contributed by atoms with Gasteiger partial charge in [0.05, 0.1) is 0 Å². The molecule has 0 spiro atoms. The van der Waals surface area contributed by atoms with Crippen LogP contribution in [0.15, 0.2) is 40.8 Å². The molecule has 108 valence electrons. The first kappa shape index (κ1) is 12.7. The maximum absolute atomic E-state index is 10.9. The van der Waals surface area contributed by atoms with Crippen LogP contribution in [0.2, 0.25) is 0 Å². The number of rotatable bonds is 3. The normalized spacial score (nSPS) is 27.6. The third-order valence-corrected chi connectivity index (χ3v) is 4.88. The van der Waals surface area contributed by atoms with Crippen molar-refractivity contribution >= 4 is 5.97 Å². The molecule has 0 radical (unpaired) electrons. The summed E-state index contributed by atoms with van der Waals surface area (Å²) in [6.07, 6.45) is 1.41. The number of aromatic carboxylic acids is 1. The number of aryl methyl sites for hydroxylation is 1. The summed E-state index contributed by atoms with van der Waals surface area (Å²) in [6.45, 7) is 0. The van der Waals surface area contributed by atoms with Crippen LogP contribution in [0.25, 0.3) is 0 Å². The van der Waals surface area contributed by atoms with Crippen molar-refractivity contribution in [1.29, 1.82) is 0 Å². The molecular formula is C17H16O4. The summed E-state index contributed by atoms with van der Waals surface area (Å²) in [6, 6.07) is 11.4. The van der Waals surface area contributed by atoms with Crippen molar-refractivity contribution in [2.75, 3.05) is 0 Å². The zero-order valence-electron chi connectivity index (χ0n) is 11.4. The van der Waals surface area contributed by atoms with Crippen LogP contribution in [-0.4, -0.2) is 16.2 Å². The van der Waals surface area contributed by atoms with Crippen LogP contribution in [-0.2, 0) is 6.42 Å². The van der Waals surface area contributed by atoms with Crippen LogP contribution in [0, 0.1) is 11.8 Å². The second-order valence-corrected chi connectivity index (χ2v) is 5.96. The monoisotopic (exact) mass is 284 g/mol. The van der Waals surface area contributed by atoms with E-state index in [4.69, 9.17) is 9.52 Å². The summed E-state index contributed by atoms with van der Waals surface area (Å²) >= 11 is 0. The van der Waals surface area contributed by atoms with E-state index in [1.165, 1.54) is 17.2 Å². The summed E-state index contributed by atoms with van der Waals surface area (Å²) in [4.78, 5) is 10.9. The highest BCUT2D eigenvalue weighted by atomic mass is 16.4. The average Bonchev–Trinajstić information content (AvgIpc) is 3.02. The van der Waals surface area contributed by atoms with Gasteiger partial charge in [-0.1, -0.05) is 24.3 Å². The van der Waals surface area contributed by atoms with E-state index in [9.17, 15) is 9.90 Å². The fraction of sp³-hybridized carbons (Fsp3) is 0.353. The van der Waals surface area contributed by atoms with Gasteiger partial charge in [0.2, 0.25) is 5.76 Å². The van der Waals surface area contributed by atoms with Crippen molar-refractivity contribution in [3.05, 3.63) is 59.0 Å². The summed E-state index contributed by atoms with van der Waals surface area (Å²) in [5, 5.41) is 19.4. The Morgan fingerprint density at radius 2 is 2.05 bits per heavy atom. The molecule has 4 atom stereocenters. The summed E-state index contributed by atoms with van der Waals surface area (Å²) < 4.78 is 5.25. The van der Waals surface area contributed by atoms with E-state index in [1.807, 2.05) is 6.07 Å². The Balaban J connectivity index is 1.60. The minimum atomic E-state index is -1.10. The lowest BCUT2D eigenvalue weighted by Gasteiger charge is -2.13.